The largest absolute Gasteiger partial charge is 0.462 e. The summed E-state index contributed by atoms with van der Waals surface area (Å²) in [6, 6.07) is 0. The van der Waals surface area contributed by atoms with E-state index in [-0.39, 0.29) is 63.9 Å². The normalized spacial score (nSPS) is 11.9. The van der Waals surface area contributed by atoms with Crippen LogP contribution in [0.3, 0.4) is 0 Å². The molecule has 0 saturated heterocycles. The highest BCUT2D eigenvalue weighted by Gasteiger charge is 2.23. The van der Waals surface area contributed by atoms with Crippen LogP contribution in [0.1, 0.15) is 42.5 Å². The minimum atomic E-state index is -0.689. The second-order valence-corrected chi connectivity index (χ2v) is 7.13. The van der Waals surface area contributed by atoms with Gasteiger partial charge in [0, 0.05) is 37.5 Å². The third-order valence-electron chi connectivity index (χ3n) is 4.44. The molecule has 0 fully saturated rings. The van der Waals surface area contributed by atoms with E-state index in [4.69, 9.17) is 23.7 Å². The van der Waals surface area contributed by atoms with Crippen LogP contribution in [0.5, 0.6) is 0 Å². The van der Waals surface area contributed by atoms with E-state index in [0.717, 1.165) is 18.2 Å². The molecule has 0 amide bonds. The van der Waals surface area contributed by atoms with Crippen molar-refractivity contribution in [2.45, 2.75) is 31.5 Å². The molecule has 1 aromatic rings. The molecule has 0 aliphatic heterocycles. The Bertz CT molecular complexity index is 903. The van der Waals surface area contributed by atoms with E-state index in [0.29, 0.717) is 5.82 Å². The van der Waals surface area contributed by atoms with Crippen LogP contribution in [0, 0.1) is 0 Å². The summed E-state index contributed by atoms with van der Waals surface area (Å²) in [5.41, 5.74) is 0. The Morgan fingerprint density at radius 3 is 1.43 bits per heavy atom. The topological polar surface area (TPSA) is 136 Å². The molecule has 1 aromatic heterocycles. The quantitative estimate of drug-likeness (QED) is 0.110. The molecule has 0 bridgehead atoms. The summed E-state index contributed by atoms with van der Waals surface area (Å²) in [6.45, 7) is 17.8. The van der Waals surface area contributed by atoms with Gasteiger partial charge in [0.15, 0.2) is 11.6 Å². The molecule has 37 heavy (non-hydrogen) atoms. The molecule has 1 heterocycles. The number of nitrogens with zero attached hydrogens (tertiary/aromatic N) is 3. The molecule has 0 aromatic carbocycles. The van der Waals surface area contributed by atoms with Crippen molar-refractivity contribution in [3.8, 4) is 0 Å². The average Bonchev–Trinajstić information content (AvgIpc) is 2.91. The van der Waals surface area contributed by atoms with Crippen molar-refractivity contribution in [1.82, 2.24) is 15.0 Å². The standard InChI is InChI=1S/C26H33N3O8/c1-6-14-33-19(11-16-35-22(30)8-3)25-27-21(13-18-37-24(32)10-5)28-26(29-25)20(34-15-7-2)12-17-36-23(31)9-4/h6-10,19-20H,1-5,11-18H2. The van der Waals surface area contributed by atoms with Crippen molar-refractivity contribution in [3.05, 3.63) is 80.7 Å². The van der Waals surface area contributed by atoms with Crippen molar-refractivity contribution in [3.63, 3.8) is 0 Å². The number of esters is 3. The summed E-state index contributed by atoms with van der Waals surface area (Å²) >= 11 is 0. The second-order valence-electron chi connectivity index (χ2n) is 7.13. The van der Waals surface area contributed by atoms with Crippen molar-refractivity contribution < 1.29 is 38.1 Å². The van der Waals surface area contributed by atoms with Gasteiger partial charge in [-0.05, 0) is 0 Å². The van der Waals surface area contributed by atoms with Crippen LogP contribution in [0.2, 0.25) is 0 Å². The number of ether oxygens (including phenoxy) is 5. The van der Waals surface area contributed by atoms with E-state index in [9.17, 15) is 14.4 Å². The smallest absolute Gasteiger partial charge is 0.330 e. The molecule has 11 heteroatoms. The summed E-state index contributed by atoms with van der Waals surface area (Å²) < 4.78 is 26.9. The van der Waals surface area contributed by atoms with Gasteiger partial charge >= 0.3 is 17.9 Å². The van der Waals surface area contributed by atoms with E-state index in [1.807, 2.05) is 0 Å². The number of carbonyl (C=O) groups is 3. The summed E-state index contributed by atoms with van der Waals surface area (Å²) in [5.74, 6) is -0.918. The maximum absolute atomic E-state index is 11.5. The molecular weight excluding hydrogens is 482 g/mol. The van der Waals surface area contributed by atoms with Crippen LogP contribution in [0.4, 0.5) is 0 Å². The first-order chi connectivity index (χ1) is 17.9. The van der Waals surface area contributed by atoms with E-state index in [1.165, 1.54) is 0 Å². The van der Waals surface area contributed by atoms with Gasteiger partial charge in [-0.25, -0.2) is 29.3 Å². The molecular formula is C26H33N3O8. The van der Waals surface area contributed by atoms with Crippen LogP contribution >= 0.6 is 0 Å². The molecule has 200 valence electrons. The predicted octanol–water partition coefficient (Wildman–Crippen LogP) is 2.87. The number of aromatic nitrogens is 3. The van der Waals surface area contributed by atoms with E-state index < -0.39 is 30.1 Å². The fourth-order valence-electron chi connectivity index (χ4n) is 2.75. The number of hydrogen-bond donors (Lipinski definition) is 0. The lowest BCUT2D eigenvalue weighted by atomic mass is 10.2. The molecule has 0 saturated carbocycles. The lowest BCUT2D eigenvalue weighted by Crippen LogP contribution is -2.20. The van der Waals surface area contributed by atoms with Gasteiger partial charge in [-0.1, -0.05) is 31.9 Å². The molecule has 2 unspecified atom stereocenters. The summed E-state index contributed by atoms with van der Waals surface area (Å²) in [5, 5.41) is 0. The van der Waals surface area contributed by atoms with Crippen LogP contribution in [-0.2, 0) is 44.5 Å². The Balaban J connectivity index is 3.30. The molecule has 0 aliphatic carbocycles. The van der Waals surface area contributed by atoms with Crippen molar-refractivity contribution in [2.24, 2.45) is 0 Å². The third kappa shape index (κ3) is 12.5. The zero-order chi connectivity index (χ0) is 27.5. The van der Waals surface area contributed by atoms with Gasteiger partial charge < -0.3 is 23.7 Å². The van der Waals surface area contributed by atoms with Crippen molar-refractivity contribution in [1.29, 1.82) is 0 Å². The highest BCUT2D eigenvalue weighted by Crippen LogP contribution is 2.23. The lowest BCUT2D eigenvalue weighted by molar-refractivity contribution is -0.139. The molecule has 2 atom stereocenters. The summed E-state index contributed by atoms with van der Waals surface area (Å²) in [7, 11) is 0. The first-order valence-electron chi connectivity index (χ1n) is 11.5. The van der Waals surface area contributed by atoms with E-state index >= 15 is 0 Å². The summed E-state index contributed by atoms with van der Waals surface area (Å²) in [4.78, 5) is 47.9. The Kier molecular flexibility index (Phi) is 15.4. The molecule has 0 radical (unpaired) electrons. The fraction of sp³-hybridized carbons (Fsp3) is 0.385. The first kappa shape index (κ1) is 31.1. The number of rotatable bonds is 20. The molecule has 0 aliphatic rings. The van der Waals surface area contributed by atoms with Gasteiger partial charge in [0.05, 0.1) is 33.0 Å². The van der Waals surface area contributed by atoms with Crippen LogP contribution in [-0.4, -0.2) is 65.9 Å². The van der Waals surface area contributed by atoms with E-state index in [2.05, 4.69) is 47.8 Å². The van der Waals surface area contributed by atoms with Crippen LogP contribution in [0.25, 0.3) is 0 Å². The monoisotopic (exact) mass is 515 g/mol. The molecule has 11 nitrogen and oxygen atoms in total. The Hall–Kier alpha value is -3.96. The summed E-state index contributed by atoms with van der Waals surface area (Å²) in [6.07, 6.45) is 5.55. The third-order valence-corrected chi connectivity index (χ3v) is 4.44. The van der Waals surface area contributed by atoms with Gasteiger partial charge in [0.25, 0.3) is 0 Å². The maximum Gasteiger partial charge on any atom is 0.330 e. The SMILES string of the molecule is C=CCOC(CCOC(=O)C=C)c1nc(CCOC(=O)C=C)nc(C(CCOC(=O)C=C)OCC=C)n1. The zero-order valence-corrected chi connectivity index (χ0v) is 20.8. The van der Waals surface area contributed by atoms with E-state index in [1.54, 1.807) is 12.2 Å². The van der Waals surface area contributed by atoms with Gasteiger partial charge in [0.1, 0.15) is 18.0 Å². The average molecular weight is 516 g/mol. The predicted molar refractivity (Wildman–Crippen MR) is 134 cm³/mol. The molecule has 1 rings (SSSR count). The van der Waals surface area contributed by atoms with Gasteiger partial charge in [-0.2, -0.15) is 0 Å². The van der Waals surface area contributed by atoms with Crippen LogP contribution in [0.15, 0.2) is 63.3 Å². The Morgan fingerprint density at radius 1 is 0.649 bits per heavy atom. The van der Waals surface area contributed by atoms with Crippen LogP contribution < -0.4 is 0 Å². The van der Waals surface area contributed by atoms with Gasteiger partial charge in [-0.3, -0.25) is 0 Å². The second kappa shape index (κ2) is 18.3. The fourth-order valence-corrected chi connectivity index (χ4v) is 2.75. The Labute approximate surface area is 216 Å². The van der Waals surface area contributed by atoms with Crippen molar-refractivity contribution in [2.75, 3.05) is 33.0 Å². The Morgan fingerprint density at radius 2 is 1.05 bits per heavy atom. The maximum atomic E-state index is 11.5. The molecule has 0 N–H and O–H groups in total. The number of hydrogen-bond acceptors (Lipinski definition) is 11. The van der Waals surface area contributed by atoms with Crippen molar-refractivity contribution >= 4 is 17.9 Å². The van der Waals surface area contributed by atoms with Gasteiger partial charge in [0.2, 0.25) is 0 Å². The zero-order valence-electron chi connectivity index (χ0n) is 20.8. The molecule has 0 spiro atoms. The highest BCUT2D eigenvalue weighted by molar-refractivity contribution is 5.81. The van der Waals surface area contributed by atoms with Gasteiger partial charge in [-0.15, -0.1) is 13.2 Å². The minimum Gasteiger partial charge on any atom is -0.462 e. The first-order valence-corrected chi connectivity index (χ1v) is 11.5. The highest BCUT2D eigenvalue weighted by atomic mass is 16.5. The lowest BCUT2D eigenvalue weighted by Gasteiger charge is -2.20. The number of carbonyl (C=O) groups excluding carboxylic acids is 3. The minimum absolute atomic E-state index is 0.00198.